The highest BCUT2D eigenvalue weighted by atomic mass is 31.2. The monoisotopic (exact) mass is 787 g/mol. The van der Waals surface area contributed by atoms with Crippen LogP contribution in [0.5, 0.6) is 5.75 Å². The van der Waals surface area contributed by atoms with E-state index in [-0.39, 0.29) is 37.0 Å². The van der Waals surface area contributed by atoms with Gasteiger partial charge in [0.05, 0.1) is 6.10 Å². The van der Waals surface area contributed by atoms with Gasteiger partial charge in [-0.05, 0) is 70.1 Å². The average Bonchev–Trinajstić information content (AvgIpc) is 3.39. The van der Waals surface area contributed by atoms with Gasteiger partial charge >= 0.3 is 13.7 Å². The van der Waals surface area contributed by atoms with Gasteiger partial charge in [0.1, 0.15) is 17.7 Å². The fourth-order valence-corrected chi connectivity index (χ4v) is 6.85. The Morgan fingerprint density at radius 2 is 1.53 bits per heavy atom. The number of aliphatic imine (C=N–C) groups is 1. The molecule has 1 saturated heterocycles. The predicted molar refractivity (Wildman–Crippen MR) is 212 cm³/mol. The summed E-state index contributed by atoms with van der Waals surface area (Å²) in [6, 6.07) is 8.06. The lowest BCUT2D eigenvalue weighted by Crippen LogP contribution is -2.51. The zero-order valence-electron chi connectivity index (χ0n) is 31.5. The SMILES string of the molecule is CCC=CCC=CCC=CCC=CCC=CCC=CCCC(=O)NCCNP(=O)(Oc1ccccc1)OC(C)C1OC(N2C=CC(N)=NC2O)C(F)(F)C1O. The number of aliphatic hydroxyl groups excluding tert-OH is 2. The van der Waals surface area contributed by atoms with Crippen LogP contribution in [0.1, 0.15) is 65.2 Å². The molecule has 302 valence electrons. The molecule has 3 rings (SSSR count). The molecular weight excluding hydrogens is 731 g/mol. The number of amidine groups is 1. The molecule has 1 aromatic rings. The molecule has 0 radical (unpaired) electrons. The Morgan fingerprint density at radius 1 is 0.964 bits per heavy atom. The second kappa shape index (κ2) is 24.4. The van der Waals surface area contributed by atoms with Gasteiger partial charge in [0.15, 0.2) is 6.10 Å². The largest absolute Gasteiger partial charge is 0.459 e. The minimum atomic E-state index is -4.29. The van der Waals surface area contributed by atoms with E-state index in [2.05, 4.69) is 83.1 Å². The van der Waals surface area contributed by atoms with Crippen LogP contribution in [0.4, 0.5) is 8.78 Å². The lowest BCUT2D eigenvalue weighted by molar-refractivity contribution is -0.187. The minimum Gasteiger partial charge on any atom is -0.413 e. The summed E-state index contributed by atoms with van der Waals surface area (Å²) in [5.74, 6) is -4.02. The van der Waals surface area contributed by atoms with E-state index >= 15 is 8.78 Å². The molecule has 0 aliphatic carbocycles. The van der Waals surface area contributed by atoms with Gasteiger partial charge in [-0.2, -0.15) is 8.78 Å². The number of nitrogens with one attached hydrogen (secondary N) is 2. The van der Waals surface area contributed by atoms with Gasteiger partial charge < -0.3 is 35.4 Å². The number of amides is 1. The van der Waals surface area contributed by atoms with E-state index in [1.165, 1.54) is 25.1 Å². The molecule has 6 atom stereocenters. The van der Waals surface area contributed by atoms with Gasteiger partial charge in [-0.3, -0.25) is 9.32 Å². The van der Waals surface area contributed by atoms with Crippen molar-refractivity contribution in [2.75, 3.05) is 13.1 Å². The molecule has 1 aromatic carbocycles. The zero-order chi connectivity index (χ0) is 39.9. The predicted octanol–water partition coefficient (Wildman–Crippen LogP) is 6.95. The fraction of sp³-hybridized carbons (Fsp3) is 0.450. The van der Waals surface area contributed by atoms with Crippen LogP contribution in [0, 0.1) is 0 Å². The maximum Gasteiger partial charge on any atom is 0.459 e. The smallest absolute Gasteiger partial charge is 0.413 e. The average molecular weight is 788 g/mol. The maximum absolute atomic E-state index is 15.2. The molecule has 1 amide bonds. The van der Waals surface area contributed by atoms with Crippen LogP contribution >= 0.6 is 7.75 Å². The highest BCUT2D eigenvalue weighted by molar-refractivity contribution is 7.52. The number of aliphatic hydroxyl groups is 2. The van der Waals surface area contributed by atoms with Crippen LogP contribution in [-0.2, 0) is 18.6 Å². The summed E-state index contributed by atoms with van der Waals surface area (Å²) in [5.41, 5.74) is 5.53. The first kappa shape index (κ1) is 45.2. The van der Waals surface area contributed by atoms with Crippen LogP contribution < -0.4 is 20.7 Å². The standard InChI is InChI=1S/C40H56F2N5O7P/c1-3-4-5-6-7-8-9-10-11-12-13-14-15-16-17-18-19-20-24-27-35(48)44-29-30-45-55(51,54-33-25-22-21-23-26-33)53-32(2)36-37(49)40(41,42)38(52-36)47-31-28-34(43)46-39(47)50/h4-5,7-8,10-11,13-14,16-17,19-23,25-26,28,31-32,36-39,49-50H,3,6,9,12,15,18,24,27,29-30H2,1-2H3,(H2,43,46)(H,44,48)(H,45,51). The van der Waals surface area contributed by atoms with Gasteiger partial charge in [-0.1, -0.05) is 98.0 Å². The summed E-state index contributed by atoms with van der Waals surface area (Å²) in [5, 5.41) is 26.1. The number of benzene rings is 1. The Balaban J connectivity index is 1.38. The van der Waals surface area contributed by atoms with Crippen LogP contribution in [0.2, 0.25) is 0 Å². The number of hydrogen-bond acceptors (Lipinski definition) is 10. The molecule has 0 saturated carbocycles. The third kappa shape index (κ3) is 16.2. The summed E-state index contributed by atoms with van der Waals surface area (Å²) in [6.45, 7) is 3.43. The van der Waals surface area contributed by atoms with Gasteiger partial charge in [-0.25, -0.2) is 14.6 Å². The van der Waals surface area contributed by atoms with Gasteiger partial charge in [-0.15, -0.1) is 0 Å². The molecule has 12 nitrogen and oxygen atoms in total. The molecule has 0 spiro atoms. The van der Waals surface area contributed by atoms with E-state index in [0.717, 1.165) is 44.7 Å². The van der Waals surface area contributed by atoms with E-state index in [1.54, 1.807) is 18.2 Å². The van der Waals surface area contributed by atoms with Crippen molar-refractivity contribution >= 4 is 19.5 Å². The number of hydrogen-bond donors (Lipinski definition) is 5. The molecule has 2 aliphatic heterocycles. The molecule has 0 bridgehead atoms. The molecule has 55 heavy (non-hydrogen) atoms. The van der Waals surface area contributed by atoms with Crippen LogP contribution in [0.15, 0.2) is 121 Å². The normalized spacial score (nSPS) is 23.2. The highest BCUT2D eigenvalue weighted by Crippen LogP contribution is 2.48. The van der Waals surface area contributed by atoms with Crippen molar-refractivity contribution in [2.45, 2.75) is 102 Å². The molecule has 0 aromatic heterocycles. The molecule has 1 fully saturated rings. The molecule has 2 heterocycles. The Hall–Kier alpha value is -4.17. The van der Waals surface area contributed by atoms with Crippen LogP contribution in [0.3, 0.4) is 0 Å². The summed E-state index contributed by atoms with van der Waals surface area (Å²) in [7, 11) is -4.29. The molecule has 2 aliphatic rings. The number of ether oxygens (including phenoxy) is 1. The van der Waals surface area contributed by atoms with Crippen molar-refractivity contribution in [1.29, 1.82) is 0 Å². The molecule has 6 N–H and O–H groups in total. The summed E-state index contributed by atoms with van der Waals surface area (Å²) >= 11 is 0. The van der Waals surface area contributed by atoms with Crippen molar-refractivity contribution in [2.24, 2.45) is 10.7 Å². The quantitative estimate of drug-likeness (QED) is 0.0421. The van der Waals surface area contributed by atoms with Crippen molar-refractivity contribution in [3.05, 3.63) is 116 Å². The van der Waals surface area contributed by atoms with Gasteiger partial charge in [0.25, 0.3) is 0 Å². The van der Waals surface area contributed by atoms with E-state index in [9.17, 15) is 19.6 Å². The Labute approximate surface area is 323 Å². The summed E-state index contributed by atoms with van der Waals surface area (Å²) < 4.78 is 61.0. The first-order chi connectivity index (χ1) is 26.5. The maximum atomic E-state index is 15.2. The van der Waals surface area contributed by atoms with Crippen molar-refractivity contribution in [3.8, 4) is 5.75 Å². The summed E-state index contributed by atoms with van der Waals surface area (Å²) in [4.78, 5) is 16.7. The number of nitrogens with zero attached hydrogens (tertiary/aromatic N) is 2. The minimum absolute atomic E-state index is 0.0560. The fourth-order valence-electron chi connectivity index (χ4n) is 5.32. The second-order valence-electron chi connectivity index (χ2n) is 12.7. The number of halogens is 2. The number of rotatable bonds is 24. The van der Waals surface area contributed by atoms with E-state index in [4.69, 9.17) is 19.5 Å². The Bertz CT molecular complexity index is 1600. The molecule has 6 unspecified atom stereocenters. The number of nitrogens with two attached hydrogens (primary N) is 1. The zero-order valence-corrected chi connectivity index (χ0v) is 32.4. The third-order valence-corrected chi connectivity index (χ3v) is 9.84. The molecule has 15 heteroatoms. The van der Waals surface area contributed by atoms with Gasteiger partial charge in [0.2, 0.25) is 18.5 Å². The topological polar surface area (TPSA) is 168 Å². The van der Waals surface area contributed by atoms with E-state index < -0.39 is 44.6 Å². The van der Waals surface area contributed by atoms with Crippen LogP contribution in [-0.4, -0.2) is 76.8 Å². The molecular formula is C40H56F2N5O7P. The van der Waals surface area contributed by atoms with Gasteiger partial charge in [0, 0.05) is 25.7 Å². The third-order valence-electron chi connectivity index (χ3n) is 8.16. The number of carbonyl (C=O) groups is 1. The Kier molecular flexibility index (Phi) is 20.0. The van der Waals surface area contributed by atoms with Crippen molar-refractivity contribution in [3.63, 3.8) is 0 Å². The van der Waals surface area contributed by atoms with Crippen molar-refractivity contribution in [1.82, 2.24) is 15.3 Å². The number of alkyl halides is 2. The van der Waals surface area contributed by atoms with E-state index in [0.29, 0.717) is 11.3 Å². The second-order valence-corrected chi connectivity index (χ2v) is 14.4. The summed E-state index contributed by atoms with van der Waals surface area (Å²) in [6.07, 6.45) is 24.6. The Morgan fingerprint density at radius 3 is 2.09 bits per heavy atom. The van der Waals surface area contributed by atoms with E-state index in [1.807, 2.05) is 12.2 Å². The lowest BCUT2D eigenvalue weighted by Gasteiger charge is -2.34. The number of carbonyl (C=O) groups excluding carboxylic acids is 1. The lowest BCUT2D eigenvalue weighted by atomic mass is 10.1. The number of para-hydroxylation sites is 1. The highest BCUT2D eigenvalue weighted by Gasteiger charge is 2.63. The van der Waals surface area contributed by atoms with Crippen molar-refractivity contribution < 1.29 is 42.1 Å². The first-order valence-electron chi connectivity index (χ1n) is 18.6. The number of allylic oxidation sites excluding steroid dienone is 12. The first-order valence-corrected chi connectivity index (χ1v) is 20.1. The van der Waals surface area contributed by atoms with Crippen LogP contribution in [0.25, 0.3) is 0 Å².